The number of fused-ring (bicyclic) bond motifs is 1. The molecular formula is C30H38N2O. The summed E-state index contributed by atoms with van der Waals surface area (Å²) in [5.41, 5.74) is 10.3. The van der Waals surface area contributed by atoms with E-state index >= 15 is 0 Å². The molecule has 3 heteroatoms. The molecule has 1 atom stereocenters. The van der Waals surface area contributed by atoms with Gasteiger partial charge in [0.15, 0.2) is 0 Å². The SMILES string of the molecule is CCc1cccc(CC)c1-c1ncc(CN2CCc3ccccc3C2C(C)C)c(OC)c1C. The van der Waals surface area contributed by atoms with E-state index in [1.54, 1.807) is 7.11 Å². The predicted octanol–water partition coefficient (Wildman–Crippen LogP) is 6.95. The topological polar surface area (TPSA) is 25.4 Å². The molecule has 174 valence electrons. The maximum Gasteiger partial charge on any atom is 0.129 e. The Balaban J connectivity index is 1.74. The van der Waals surface area contributed by atoms with Gasteiger partial charge < -0.3 is 4.74 Å². The number of hydrogen-bond donors (Lipinski definition) is 0. The molecule has 33 heavy (non-hydrogen) atoms. The average molecular weight is 443 g/mol. The van der Waals surface area contributed by atoms with Crippen LogP contribution in [0.15, 0.2) is 48.7 Å². The Labute approximate surface area is 199 Å². The third kappa shape index (κ3) is 4.44. The van der Waals surface area contributed by atoms with Crippen LogP contribution >= 0.6 is 0 Å². The summed E-state index contributed by atoms with van der Waals surface area (Å²) in [5.74, 6) is 1.52. The molecule has 3 nitrogen and oxygen atoms in total. The lowest BCUT2D eigenvalue weighted by atomic mass is 9.86. The second-order valence-electron chi connectivity index (χ2n) is 9.56. The van der Waals surface area contributed by atoms with Crippen molar-refractivity contribution < 1.29 is 4.74 Å². The highest BCUT2D eigenvalue weighted by atomic mass is 16.5. The van der Waals surface area contributed by atoms with Crippen molar-refractivity contribution in [3.63, 3.8) is 0 Å². The molecule has 0 saturated heterocycles. The molecule has 4 rings (SSSR count). The minimum atomic E-state index is 0.409. The van der Waals surface area contributed by atoms with E-state index in [-0.39, 0.29) is 0 Å². The van der Waals surface area contributed by atoms with Gasteiger partial charge in [0, 0.05) is 42.0 Å². The molecule has 0 aliphatic carbocycles. The lowest BCUT2D eigenvalue weighted by Gasteiger charge is -2.40. The van der Waals surface area contributed by atoms with Crippen molar-refractivity contribution in [2.75, 3.05) is 13.7 Å². The Hall–Kier alpha value is -2.65. The molecule has 1 aromatic heterocycles. The van der Waals surface area contributed by atoms with Gasteiger partial charge in [-0.05, 0) is 54.4 Å². The number of nitrogens with zero attached hydrogens (tertiary/aromatic N) is 2. The number of pyridine rings is 1. The van der Waals surface area contributed by atoms with Crippen molar-refractivity contribution in [1.29, 1.82) is 0 Å². The molecule has 1 aliphatic heterocycles. The monoisotopic (exact) mass is 442 g/mol. The first-order valence-corrected chi connectivity index (χ1v) is 12.5. The number of methoxy groups -OCH3 is 1. The van der Waals surface area contributed by atoms with Crippen molar-refractivity contribution in [2.24, 2.45) is 5.92 Å². The molecule has 0 amide bonds. The summed E-state index contributed by atoms with van der Waals surface area (Å²) in [4.78, 5) is 7.66. The first-order chi connectivity index (χ1) is 16.0. The standard InChI is InChI=1S/C30H38N2O/c1-7-22-13-11-14-23(8-2)27(22)28-21(5)30(33-6)25(18-31-28)19-32-17-16-24-12-9-10-15-26(24)29(32)20(3)4/h9-15,18,20,29H,7-8,16-17,19H2,1-6H3. The van der Waals surface area contributed by atoms with Gasteiger partial charge in [-0.1, -0.05) is 70.2 Å². The van der Waals surface area contributed by atoms with Gasteiger partial charge in [-0.3, -0.25) is 9.88 Å². The minimum absolute atomic E-state index is 0.409. The van der Waals surface area contributed by atoms with Crippen LogP contribution in [-0.2, 0) is 25.8 Å². The predicted molar refractivity (Wildman–Crippen MR) is 138 cm³/mol. The van der Waals surface area contributed by atoms with Crippen LogP contribution in [0, 0.1) is 12.8 Å². The summed E-state index contributed by atoms with van der Waals surface area (Å²) >= 11 is 0. The number of rotatable bonds is 7. The highest BCUT2D eigenvalue weighted by molar-refractivity contribution is 5.73. The van der Waals surface area contributed by atoms with Crippen molar-refractivity contribution in [1.82, 2.24) is 9.88 Å². The molecule has 0 fully saturated rings. The molecule has 2 heterocycles. The van der Waals surface area contributed by atoms with E-state index in [2.05, 4.69) is 88.2 Å². The number of aromatic nitrogens is 1. The van der Waals surface area contributed by atoms with Gasteiger partial charge in [-0.15, -0.1) is 0 Å². The van der Waals surface area contributed by atoms with E-state index < -0.39 is 0 Å². The fraction of sp³-hybridized carbons (Fsp3) is 0.433. The summed E-state index contributed by atoms with van der Waals surface area (Å²) in [7, 11) is 1.80. The minimum Gasteiger partial charge on any atom is -0.496 e. The summed E-state index contributed by atoms with van der Waals surface area (Å²) in [5, 5.41) is 0. The van der Waals surface area contributed by atoms with E-state index in [0.29, 0.717) is 12.0 Å². The van der Waals surface area contributed by atoms with Crippen LogP contribution in [0.4, 0.5) is 0 Å². The fourth-order valence-corrected chi connectivity index (χ4v) is 5.67. The van der Waals surface area contributed by atoms with Crippen molar-refractivity contribution in [3.8, 4) is 17.0 Å². The van der Waals surface area contributed by atoms with Gasteiger partial charge in [0.25, 0.3) is 0 Å². The molecule has 0 N–H and O–H groups in total. The van der Waals surface area contributed by atoms with Crippen LogP contribution in [-0.4, -0.2) is 23.5 Å². The maximum atomic E-state index is 6.03. The molecule has 0 spiro atoms. The van der Waals surface area contributed by atoms with Crippen molar-refractivity contribution >= 4 is 0 Å². The smallest absolute Gasteiger partial charge is 0.129 e. The van der Waals surface area contributed by atoms with Gasteiger partial charge in [-0.25, -0.2) is 0 Å². The Morgan fingerprint density at radius 3 is 2.33 bits per heavy atom. The second-order valence-corrected chi connectivity index (χ2v) is 9.56. The molecule has 0 radical (unpaired) electrons. The quantitative estimate of drug-likeness (QED) is 0.396. The zero-order valence-electron chi connectivity index (χ0n) is 21.1. The zero-order chi connectivity index (χ0) is 23.5. The summed E-state index contributed by atoms with van der Waals surface area (Å²) in [6.07, 6.45) is 5.15. The van der Waals surface area contributed by atoms with Gasteiger partial charge in [0.1, 0.15) is 5.75 Å². The number of benzene rings is 2. The Morgan fingerprint density at radius 2 is 1.70 bits per heavy atom. The van der Waals surface area contributed by atoms with E-state index in [9.17, 15) is 0 Å². The third-order valence-corrected chi connectivity index (χ3v) is 7.22. The van der Waals surface area contributed by atoms with Crippen LogP contribution in [0.1, 0.15) is 67.1 Å². The van der Waals surface area contributed by atoms with Crippen molar-refractivity contribution in [3.05, 3.63) is 82.0 Å². The highest BCUT2D eigenvalue weighted by Gasteiger charge is 2.30. The molecule has 0 bridgehead atoms. The zero-order valence-corrected chi connectivity index (χ0v) is 21.1. The van der Waals surface area contributed by atoms with Gasteiger partial charge in [0.05, 0.1) is 12.8 Å². The normalized spacial score (nSPS) is 16.2. The Kier molecular flexibility index (Phi) is 7.19. The first-order valence-electron chi connectivity index (χ1n) is 12.5. The van der Waals surface area contributed by atoms with Crippen LogP contribution in [0.3, 0.4) is 0 Å². The van der Waals surface area contributed by atoms with E-state index in [0.717, 1.165) is 49.4 Å². The van der Waals surface area contributed by atoms with E-state index in [1.807, 2.05) is 0 Å². The Morgan fingerprint density at radius 1 is 1.00 bits per heavy atom. The fourth-order valence-electron chi connectivity index (χ4n) is 5.67. The average Bonchev–Trinajstić information content (AvgIpc) is 2.83. The lowest BCUT2D eigenvalue weighted by molar-refractivity contribution is 0.134. The molecular weight excluding hydrogens is 404 g/mol. The lowest BCUT2D eigenvalue weighted by Crippen LogP contribution is -2.37. The third-order valence-electron chi connectivity index (χ3n) is 7.22. The van der Waals surface area contributed by atoms with Gasteiger partial charge >= 0.3 is 0 Å². The summed E-state index contributed by atoms with van der Waals surface area (Å²) < 4.78 is 6.03. The molecule has 0 saturated carbocycles. The van der Waals surface area contributed by atoms with E-state index in [1.165, 1.54) is 33.4 Å². The van der Waals surface area contributed by atoms with E-state index in [4.69, 9.17) is 9.72 Å². The van der Waals surface area contributed by atoms with Crippen LogP contribution in [0.5, 0.6) is 5.75 Å². The molecule has 2 aromatic carbocycles. The molecule has 3 aromatic rings. The molecule has 1 unspecified atom stereocenters. The summed E-state index contributed by atoms with van der Waals surface area (Å²) in [6.45, 7) is 13.2. The van der Waals surface area contributed by atoms with Crippen LogP contribution in [0.2, 0.25) is 0 Å². The second kappa shape index (κ2) is 10.1. The van der Waals surface area contributed by atoms with Crippen molar-refractivity contribution in [2.45, 2.75) is 66.5 Å². The Bertz CT molecular complexity index is 1100. The van der Waals surface area contributed by atoms with Gasteiger partial charge in [0.2, 0.25) is 0 Å². The maximum absolute atomic E-state index is 6.03. The summed E-state index contributed by atoms with van der Waals surface area (Å²) in [6, 6.07) is 16.0. The largest absolute Gasteiger partial charge is 0.496 e. The first kappa shape index (κ1) is 23.5. The van der Waals surface area contributed by atoms with Crippen LogP contribution in [0.25, 0.3) is 11.3 Å². The molecule has 1 aliphatic rings. The highest BCUT2D eigenvalue weighted by Crippen LogP contribution is 2.39. The van der Waals surface area contributed by atoms with Crippen LogP contribution < -0.4 is 4.74 Å². The number of ether oxygens (including phenoxy) is 1. The van der Waals surface area contributed by atoms with Gasteiger partial charge in [-0.2, -0.15) is 0 Å². The number of hydrogen-bond acceptors (Lipinski definition) is 3. The number of aryl methyl sites for hydroxylation is 2.